The average Bonchev–Trinajstić information content (AvgIpc) is 4.04. The van der Waals surface area contributed by atoms with E-state index in [0.29, 0.717) is 19.8 Å². The third kappa shape index (κ3) is 7.40. The van der Waals surface area contributed by atoms with E-state index in [0.717, 1.165) is 87.3 Å². The molecule has 13 heteroatoms. The van der Waals surface area contributed by atoms with Gasteiger partial charge in [0, 0.05) is 49.8 Å². The minimum atomic E-state index is -0.683. The Morgan fingerprint density at radius 3 is 2.30 bits per heavy atom. The molecule has 0 bridgehead atoms. The second-order valence-electron chi connectivity index (χ2n) is 16.5. The van der Waals surface area contributed by atoms with Crippen LogP contribution in [0.15, 0.2) is 60.8 Å². The molecule has 3 aliphatic heterocycles. The zero-order valence-corrected chi connectivity index (χ0v) is 34.4. The molecule has 3 N–H and O–H groups in total. The smallest absolute Gasteiger partial charge is 0.407 e. The van der Waals surface area contributed by atoms with Crippen LogP contribution in [0, 0.1) is 17.8 Å². The van der Waals surface area contributed by atoms with Crippen LogP contribution in [0.1, 0.15) is 84.0 Å². The van der Waals surface area contributed by atoms with Crippen LogP contribution >= 0.6 is 11.8 Å². The van der Waals surface area contributed by atoms with Crippen molar-refractivity contribution in [1.29, 1.82) is 0 Å². The van der Waals surface area contributed by atoms with Crippen LogP contribution in [0.25, 0.3) is 44.2 Å². The van der Waals surface area contributed by atoms with Gasteiger partial charge in [-0.15, -0.1) is 11.8 Å². The van der Waals surface area contributed by atoms with Gasteiger partial charge < -0.3 is 34.6 Å². The first kappa shape index (κ1) is 39.0. The third-order valence-corrected chi connectivity index (χ3v) is 13.9. The molecule has 57 heavy (non-hydrogen) atoms. The van der Waals surface area contributed by atoms with Crippen LogP contribution in [0.3, 0.4) is 0 Å². The van der Waals surface area contributed by atoms with E-state index in [-0.39, 0.29) is 46.5 Å². The molecule has 1 spiro atoms. The maximum Gasteiger partial charge on any atom is 0.407 e. The Morgan fingerprint density at radius 1 is 0.877 bits per heavy atom. The predicted octanol–water partition coefficient (Wildman–Crippen LogP) is 8.23. The quantitative estimate of drug-likeness (QED) is 0.135. The van der Waals surface area contributed by atoms with E-state index in [1.54, 1.807) is 0 Å². The highest BCUT2D eigenvalue weighted by atomic mass is 32.2. The fourth-order valence-electron chi connectivity index (χ4n) is 8.60. The molecule has 12 nitrogen and oxygen atoms in total. The van der Waals surface area contributed by atoms with Crippen molar-refractivity contribution in [3.8, 4) is 22.4 Å². The number of imidazole rings is 2. The molecule has 0 unspecified atom stereocenters. The maximum atomic E-state index is 14.0. The van der Waals surface area contributed by atoms with Crippen molar-refractivity contribution in [2.45, 2.75) is 83.3 Å². The number of benzene rings is 3. The number of ether oxygens (including phenoxy) is 2. The summed E-state index contributed by atoms with van der Waals surface area (Å²) in [7, 11) is 1.30. The molecule has 4 atom stereocenters. The van der Waals surface area contributed by atoms with Gasteiger partial charge in [-0.1, -0.05) is 65.0 Å². The number of hydrogen-bond acceptors (Lipinski definition) is 8. The van der Waals surface area contributed by atoms with E-state index in [1.807, 2.05) is 49.7 Å². The molecule has 5 aromatic rings. The molecule has 2 aromatic heterocycles. The summed E-state index contributed by atoms with van der Waals surface area (Å²) in [5, 5.41) is 4.95. The number of aromatic amines is 2. The predicted molar refractivity (Wildman–Crippen MR) is 223 cm³/mol. The summed E-state index contributed by atoms with van der Waals surface area (Å²) in [4.78, 5) is 60.3. The van der Waals surface area contributed by atoms with E-state index in [1.165, 1.54) is 7.11 Å². The van der Waals surface area contributed by atoms with Crippen molar-refractivity contribution in [2.75, 3.05) is 32.6 Å². The number of rotatable bonds is 9. The summed E-state index contributed by atoms with van der Waals surface area (Å²) in [6.45, 7) is 12.1. The van der Waals surface area contributed by atoms with Gasteiger partial charge in [0.15, 0.2) is 0 Å². The van der Waals surface area contributed by atoms with Gasteiger partial charge in [0.1, 0.15) is 23.7 Å². The number of amides is 3. The van der Waals surface area contributed by atoms with Gasteiger partial charge >= 0.3 is 6.09 Å². The Bertz CT molecular complexity index is 2290. The molecule has 300 valence electrons. The molecule has 3 aromatic carbocycles. The number of fused-ring (bicyclic) bond motifs is 2. The Hall–Kier alpha value is -4.88. The van der Waals surface area contributed by atoms with Crippen LogP contribution < -0.4 is 5.32 Å². The third-order valence-electron chi connectivity index (χ3n) is 12.3. The summed E-state index contributed by atoms with van der Waals surface area (Å²) >= 11 is 1.88. The second-order valence-corrected chi connectivity index (χ2v) is 17.9. The topological polar surface area (TPSA) is 146 Å². The molecule has 3 fully saturated rings. The molecule has 3 aliphatic rings. The Morgan fingerprint density at radius 2 is 1.58 bits per heavy atom. The van der Waals surface area contributed by atoms with Crippen LogP contribution in [0.5, 0.6) is 0 Å². The number of nitrogens with zero attached hydrogens (tertiary/aromatic N) is 4. The highest BCUT2D eigenvalue weighted by Crippen LogP contribution is 2.52. The van der Waals surface area contributed by atoms with Gasteiger partial charge in [-0.3, -0.25) is 9.59 Å². The van der Waals surface area contributed by atoms with Crippen LogP contribution in [0.2, 0.25) is 0 Å². The van der Waals surface area contributed by atoms with Gasteiger partial charge in [0.25, 0.3) is 0 Å². The van der Waals surface area contributed by atoms with Gasteiger partial charge in [-0.25, -0.2) is 14.8 Å². The Labute approximate surface area is 337 Å². The van der Waals surface area contributed by atoms with Crippen molar-refractivity contribution in [2.24, 2.45) is 17.8 Å². The largest absolute Gasteiger partial charge is 0.453 e. The molecule has 3 amide bonds. The van der Waals surface area contributed by atoms with E-state index < -0.39 is 12.1 Å². The molecule has 0 aliphatic carbocycles. The van der Waals surface area contributed by atoms with Gasteiger partial charge in [0.05, 0.1) is 40.9 Å². The van der Waals surface area contributed by atoms with Crippen LogP contribution in [0.4, 0.5) is 4.79 Å². The number of hydrogen-bond donors (Lipinski definition) is 3. The van der Waals surface area contributed by atoms with Crippen molar-refractivity contribution >= 4 is 51.5 Å². The number of thioether (sulfide) groups is 1. The standard InChI is InChI=1S/C44H53N7O5S/c1-25(2)27(5)41(52)51-37(24-57-44(51)15-18-56-19-16-44)39-45-23-35(48-39)32-12-11-28-20-29(9-10-30(28)21-32)31-13-14-33-34(22-31)47-40(46-33)36-8-7-17-50(36)42(53)38(26(3)4)49-43(54)55-6/h9-14,20-23,25-27,36-38H,7-8,15-19,24H2,1-6H3,(H,45,48)(H,46,47)(H,49,54)/t27-,36-,37-,38-/m0/s1. The Balaban J connectivity index is 1.01. The number of H-pyrrole nitrogens is 2. The number of methoxy groups -OCH3 is 1. The lowest BCUT2D eigenvalue weighted by molar-refractivity contribution is -0.144. The zero-order chi connectivity index (χ0) is 40.0. The van der Waals surface area contributed by atoms with Crippen molar-refractivity contribution in [1.82, 2.24) is 35.1 Å². The average molecular weight is 792 g/mol. The first-order valence-electron chi connectivity index (χ1n) is 20.3. The number of aromatic nitrogens is 4. The first-order chi connectivity index (χ1) is 27.5. The molecule has 5 heterocycles. The first-order valence-corrected chi connectivity index (χ1v) is 21.2. The fourth-order valence-corrected chi connectivity index (χ4v) is 10.2. The maximum absolute atomic E-state index is 14.0. The monoisotopic (exact) mass is 791 g/mol. The number of carbonyl (C=O) groups excluding carboxylic acids is 3. The summed E-state index contributed by atoms with van der Waals surface area (Å²) in [5.74, 6) is 2.54. The van der Waals surface area contributed by atoms with Gasteiger partial charge in [-0.05, 0) is 70.8 Å². The summed E-state index contributed by atoms with van der Waals surface area (Å²) in [6, 6.07) is 18.2. The molecule has 0 radical (unpaired) electrons. The van der Waals surface area contributed by atoms with Crippen molar-refractivity contribution < 1.29 is 23.9 Å². The minimum Gasteiger partial charge on any atom is -0.453 e. The van der Waals surface area contributed by atoms with Crippen LogP contribution in [-0.4, -0.2) is 91.2 Å². The van der Waals surface area contributed by atoms with E-state index in [9.17, 15) is 14.4 Å². The normalized spacial score (nSPS) is 20.6. The minimum absolute atomic E-state index is 0.0772. The summed E-state index contributed by atoms with van der Waals surface area (Å²) in [5.41, 5.74) is 5.87. The lowest BCUT2D eigenvalue weighted by Gasteiger charge is -2.43. The fraction of sp³-hybridized carbons (Fsp3) is 0.477. The van der Waals surface area contributed by atoms with E-state index in [2.05, 4.69) is 82.6 Å². The van der Waals surface area contributed by atoms with Crippen molar-refractivity contribution in [3.63, 3.8) is 0 Å². The SMILES string of the molecule is COC(=O)N[C@H](C(=O)N1CCC[C@H]1c1nc2ccc(-c3ccc4cc(-c5cnc([C@@H]6CSC7(CCOCC7)N6C(=O)[C@@H](C)C(C)C)[nH]5)ccc4c3)cc2[nH]1)C(C)C. The summed E-state index contributed by atoms with van der Waals surface area (Å²) < 4.78 is 10.5. The molecular formula is C44H53N7O5S. The number of likely N-dealkylation sites (tertiary alicyclic amines) is 1. The zero-order valence-electron chi connectivity index (χ0n) is 33.6. The highest BCUT2D eigenvalue weighted by molar-refractivity contribution is 8.00. The molecule has 8 rings (SSSR count). The van der Waals surface area contributed by atoms with Gasteiger partial charge in [0.2, 0.25) is 11.8 Å². The van der Waals surface area contributed by atoms with E-state index in [4.69, 9.17) is 19.4 Å². The molecule has 3 saturated heterocycles. The lowest BCUT2D eigenvalue weighted by Crippen LogP contribution is -2.52. The number of nitrogens with one attached hydrogen (secondary N) is 3. The molecular weight excluding hydrogens is 739 g/mol. The molecule has 0 saturated carbocycles. The highest BCUT2D eigenvalue weighted by Gasteiger charge is 2.52. The van der Waals surface area contributed by atoms with Crippen molar-refractivity contribution in [3.05, 3.63) is 72.4 Å². The number of carbonyl (C=O) groups is 3. The van der Waals surface area contributed by atoms with Crippen LogP contribution in [-0.2, 0) is 19.1 Å². The summed E-state index contributed by atoms with van der Waals surface area (Å²) in [6.07, 6.45) is 4.60. The second kappa shape index (κ2) is 15.8. The van der Waals surface area contributed by atoms with Gasteiger partial charge in [-0.2, -0.15) is 0 Å². The van der Waals surface area contributed by atoms with E-state index >= 15 is 0 Å². The Kier molecular flexibility index (Phi) is 10.8. The number of alkyl carbamates (subject to hydrolysis) is 1. The lowest BCUT2D eigenvalue weighted by atomic mass is 9.93.